The van der Waals surface area contributed by atoms with Crippen LogP contribution in [0.3, 0.4) is 0 Å². The smallest absolute Gasteiger partial charge is 0.121 e. The maximum Gasteiger partial charge on any atom is 0.121 e. The molecule has 2 heteroatoms. The molecule has 1 aromatic carbocycles. The van der Waals surface area contributed by atoms with Gasteiger partial charge >= 0.3 is 0 Å². The third-order valence-corrected chi connectivity index (χ3v) is 2.59. The molecule has 0 heterocycles. The highest BCUT2D eigenvalue weighted by Gasteiger charge is 2.06. The summed E-state index contributed by atoms with van der Waals surface area (Å²) in [6.45, 7) is 6.77. The second kappa shape index (κ2) is 6.19. The summed E-state index contributed by atoms with van der Waals surface area (Å²) in [5, 5.41) is 3.35. The van der Waals surface area contributed by atoms with E-state index in [-0.39, 0.29) is 0 Å². The minimum Gasteiger partial charge on any atom is -0.496 e. The molecule has 0 aliphatic rings. The van der Waals surface area contributed by atoms with E-state index in [1.807, 2.05) is 13.0 Å². The number of rotatable bonds is 4. The quantitative estimate of drug-likeness (QED) is 0.783. The monoisotopic (exact) mass is 217 g/mol. The summed E-state index contributed by atoms with van der Waals surface area (Å²) in [5.74, 6) is 6.81. The van der Waals surface area contributed by atoms with Gasteiger partial charge in [-0.25, -0.2) is 0 Å². The molecule has 0 aromatic heterocycles. The Balaban J connectivity index is 2.71. The SMILES string of the molecule is CC#CCNC(C)c1ccc(OC)c(C)c1. The summed E-state index contributed by atoms with van der Waals surface area (Å²) in [6.07, 6.45) is 0. The van der Waals surface area contributed by atoms with Crippen LogP contribution in [-0.2, 0) is 0 Å². The number of benzene rings is 1. The minimum absolute atomic E-state index is 0.311. The van der Waals surface area contributed by atoms with E-state index in [2.05, 4.69) is 43.1 Å². The Bertz CT molecular complexity index is 401. The van der Waals surface area contributed by atoms with Crippen molar-refractivity contribution in [2.45, 2.75) is 26.8 Å². The van der Waals surface area contributed by atoms with Crippen LogP contribution in [0.5, 0.6) is 5.75 Å². The Labute approximate surface area is 98.0 Å². The highest BCUT2D eigenvalue weighted by molar-refractivity contribution is 5.37. The van der Waals surface area contributed by atoms with Crippen LogP contribution in [0.25, 0.3) is 0 Å². The molecule has 0 amide bonds. The largest absolute Gasteiger partial charge is 0.496 e. The van der Waals surface area contributed by atoms with Crippen LogP contribution < -0.4 is 10.1 Å². The van der Waals surface area contributed by atoms with Gasteiger partial charge in [-0.15, -0.1) is 5.92 Å². The Morgan fingerprint density at radius 3 is 2.75 bits per heavy atom. The first-order valence-electron chi connectivity index (χ1n) is 5.46. The highest BCUT2D eigenvalue weighted by atomic mass is 16.5. The van der Waals surface area contributed by atoms with E-state index in [9.17, 15) is 0 Å². The molecule has 1 N–H and O–H groups in total. The maximum atomic E-state index is 5.24. The molecule has 0 radical (unpaired) electrons. The van der Waals surface area contributed by atoms with Gasteiger partial charge in [-0.3, -0.25) is 5.32 Å². The fourth-order valence-electron chi connectivity index (χ4n) is 1.58. The zero-order chi connectivity index (χ0) is 12.0. The van der Waals surface area contributed by atoms with E-state index in [0.717, 1.165) is 17.9 Å². The van der Waals surface area contributed by atoms with Gasteiger partial charge in [0.25, 0.3) is 0 Å². The van der Waals surface area contributed by atoms with Gasteiger partial charge in [-0.05, 0) is 38.0 Å². The van der Waals surface area contributed by atoms with E-state index < -0.39 is 0 Å². The lowest BCUT2D eigenvalue weighted by Crippen LogP contribution is -2.18. The van der Waals surface area contributed by atoms with Crippen molar-refractivity contribution in [1.82, 2.24) is 5.32 Å². The second-order valence-electron chi connectivity index (χ2n) is 3.76. The van der Waals surface area contributed by atoms with Gasteiger partial charge in [0.15, 0.2) is 0 Å². The molecule has 0 aliphatic carbocycles. The number of methoxy groups -OCH3 is 1. The summed E-state index contributed by atoms with van der Waals surface area (Å²) in [7, 11) is 1.69. The fourth-order valence-corrected chi connectivity index (χ4v) is 1.58. The molecule has 2 nitrogen and oxygen atoms in total. The lowest BCUT2D eigenvalue weighted by molar-refractivity contribution is 0.411. The van der Waals surface area contributed by atoms with Gasteiger partial charge in [0, 0.05) is 6.04 Å². The Morgan fingerprint density at radius 1 is 1.44 bits per heavy atom. The van der Waals surface area contributed by atoms with Crippen molar-refractivity contribution in [3.63, 3.8) is 0 Å². The van der Waals surface area contributed by atoms with Gasteiger partial charge in [0.05, 0.1) is 13.7 Å². The Kier molecular flexibility index (Phi) is 4.88. The number of hydrogen-bond acceptors (Lipinski definition) is 2. The molecule has 1 rings (SSSR count). The summed E-state index contributed by atoms with van der Waals surface area (Å²) in [6, 6.07) is 6.55. The predicted octanol–water partition coefficient (Wildman–Crippen LogP) is 2.68. The summed E-state index contributed by atoms with van der Waals surface area (Å²) in [5.41, 5.74) is 2.42. The summed E-state index contributed by atoms with van der Waals surface area (Å²) in [4.78, 5) is 0. The molecular formula is C14H19NO. The van der Waals surface area contributed by atoms with E-state index in [4.69, 9.17) is 4.74 Å². The van der Waals surface area contributed by atoms with Crippen molar-refractivity contribution in [2.75, 3.05) is 13.7 Å². The normalized spacial score (nSPS) is 11.5. The van der Waals surface area contributed by atoms with E-state index in [0.29, 0.717) is 6.04 Å². The summed E-state index contributed by atoms with van der Waals surface area (Å²) < 4.78 is 5.24. The average Bonchev–Trinajstić information content (AvgIpc) is 2.29. The number of ether oxygens (including phenoxy) is 1. The van der Waals surface area contributed by atoms with Crippen LogP contribution in [0.1, 0.15) is 31.0 Å². The number of nitrogens with one attached hydrogen (secondary N) is 1. The third-order valence-electron chi connectivity index (χ3n) is 2.59. The fraction of sp³-hybridized carbons (Fsp3) is 0.429. The minimum atomic E-state index is 0.311. The Morgan fingerprint density at radius 2 is 2.19 bits per heavy atom. The van der Waals surface area contributed by atoms with E-state index in [1.165, 1.54) is 5.56 Å². The first-order valence-corrected chi connectivity index (χ1v) is 5.46. The molecule has 0 spiro atoms. The average molecular weight is 217 g/mol. The van der Waals surface area contributed by atoms with Crippen LogP contribution in [0.4, 0.5) is 0 Å². The van der Waals surface area contributed by atoms with E-state index in [1.54, 1.807) is 7.11 Å². The summed E-state index contributed by atoms with van der Waals surface area (Å²) >= 11 is 0. The molecular weight excluding hydrogens is 198 g/mol. The van der Waals surface area contributed by atoms with Gasteiger partial charge < -0.3 is 4.74 Å². The molecule has 0 bridgehead atoms. The van der Waals surface area contributed by atoms with Crippen molar-refractivity contribution < 1.29 is 4.74 Å². The Hall–Kier alpha value is -1.46. The van der Waals surface area contributed by atoms with Crippen LogP contribution in [0, 0.1) is 18.8 Å². The molecule has 86 valence electrons. The van der Waals surface area contributed by atoms with Crippen molar-refractivity contribution in [2.24, 2.45) is 0 Å². The van der Waals surface area contributed by atoms with Gasteiger partial charge in [-0.1, -0.05) is 18.1 Å². The van der Waals surface area contributed by atoms with Crippen LogP contribution in [0.2, 0.25) is 0 Å². The van der Waals surface area contributed by atoms with Gasteiger partial charge in [-0.2, -0.15) is 0 Å². The van der Waals surface area contributed by atoms with Crippen molar-refractivity contribution in [3.05, 3.63) is 29.3 Å². The zero-order valence-corrected chi connectivity index (χ0v) is 10.4. The molecule has 0 saturated heterocycles. The highest BCUT2D eigenvalue weighted by Crippen LogP contribution is 2.22. The van der Waals surface area contributed by atoms with Crippen molar-refractivity contribution >= 4 is 0 Å². The lowest BCUT2D eigenvalue weighted by atomic mass is 10.1. The molecule has 0 aliphatic heterocycles. The predicted molar refractivity (Wildman–Crippen MR) is 67.6 cm³/mol. The molecule has 0 saturated carbocycles. The maximum absolute atomic E-state index is 5.24. The topological polar surface area (TPSA) is 21.3 Å². The van der Waals surface area contributed by atoms with Gasteiger partial charge in [0.1, 0.15) is 5.75 Å². The zero-order valence-electron chi connectivity index (χ0n) is 10.4. The second-order valence-corrected chi connectivity index (χ2v) is 3.76. The van der Waals surface area contributed by atoms with Crippen LogP contribution >= 0.6 is 0 Å². The molecule has 16 heavy (non-hydrogen) atoms. The first kappa shape index (κ1) is 12.6. The van der Waals surface area contributed by atoms with Crippen LogP contribution in [0.15, 0.2) is 18.2 Å². The van der Waals surface area contributed by atoms with Crippen LogP contribution in [-0.4, -0.2) is 13.7 Å². The van der Waals surface area contributed by atoms with Crippen molar-refractivity contribution in [3.8, 4) is 17.6 Å². The number of hydrogen-bond donors (Lipinski definition) is 1. The van der Waals surface area contributed by atoms with Gasteiger partial charge in [0.2, 0.25) is 0 Å². The molecule has 1 atom stereocenters. The standard InChI is InChI=1S/C14H19NO/c1-5-6-9-15-12(3)13-7-8-14(16-4)11(2)10-13/h7-8,10,12,15H,9H2,1-4H3. The molecule has 1 aromatic rings. The van der Waals surface area contributed by atoms with E-state index >= 15 is 0 Å². The lowest BCUT2D eigenvalue weighted by Gasteiger charge is -2.14. The third kappa shape index (κ3) is 3.29. The first-order chi connectivity index (χ1) is 7.69. The molecule has 0 fully saturated rings. The number of aryl methyl sites for hydroxylation is 1. The molecule has 1 unspecified atom stereocenters. The van der Waals surface area contributed by atoms with Crippen molar-refractivity contribution in [1.29, 1.82) is 0 Å².